The summed E-state index contributed by atoms with van der Waals surface area (Å²) in [7, 11) is 1.97. The van der Waals surface area contributed by atoms with Crippen molar-refractivity contribution >= 4 is 5.82 Å². The molecule has 18 heavy (non-hydrogen) atoms. The molecule has 3 heteroatoms. The Bertz CT molecular complexity index is 347. The molecule has 0 spiro atoms. The lowest BCUT2D eigenvalue weighted by atomic mass is 10.1. The quantitative estimate of drug-likeness (QED) is 0.886. The van der Waals surface area contributed by atoms with E-state index in [2.05, 4.69) is 34.3 Å². The number of hydrogen-bond acceptors (Lipinski definition) is 3. The molecule has 3 nitrogen and oxygen atoms in total. The van der Waals surface area contributed by atoms with Crippen molar-refractivity contribution in [1.82, 2.24) is 10.3 Å². The summed E-state index contributed by atoms with van der Waals surface area (Å²) < 4.78 is 0. The first kappa shape index (κ1) is 13.3. The van der Waals surface area contributed by atoms with E-state index < -0.39 is 0 Å². The average Bonchev–Trinajstić information content (AvgIpc) is 2.65. The Morgan fingerprint density at radius 1 is 1.33 bits per heavy atom. The number of pyridine rings is 1. The Labute approximate surface area is 111 Å². The molecule has 1 N–H and O–H groups in total. The van der Waals surface area contributed by atoms with E-state index in [1.54, 1.807) is 0 Å². The van der Waals surface area contributed by atoms with Gasteiger partial charge in [0, 0.05) is 25.3 Å². The van der Waals surface area contributed by atoms with E-state index in [9.17, 15) is 0 Å². The summed E-state index contributed by atoms with van der Waals surface area (Å²) in [5.74, 6) is 1.16. The summed E-state index contributed by atoms with van der Waals surface area (Å²) in [5.41, 5.74) is 1.25. The van der Waals surface area contributed by atoms with E-state index >= 15 is 0 Å². The van der Waals surface area contributed by atoms with E-state index in [0.29, 0.717) is 6.04 Å². The molecule has 1 saturated heterocycles. The van der Waals surface area contributed by atoms with Gasteiger partial charge in [-0.15, -0.1) is 0 Å². The standard InChI is InChI=1S/C15H25N3/c1-3-14-7-5-4-6-10-18(14)15-9-8-13(11-16-2)12-17-15/h8-9,12,14,16H,3-7,10-11H2,1-2H3. The van der Waals surface area contributed by atoms with Gasteiger partial charge < -0.3 is 10.2 Å². The third kappa shape index (κ3) is 3.22. The fourth-order valence-corrected chi connectivity index (χ4v) is 2.80. The van der Waals surface area contributed by atoms with Crippen LogP contribution in [0.3, 0.4) is 0 Å². The summed E-state index contributed by atoms with van der Waals surface area (Å²) in [6, 6.07) is 5.05. The number of nitrogens with one attached hydrogen (secondary N) is 1. The maximum absolute atomic E-state index is 4.65. The van der Waals surface area contributed by atoms with Gasteiger partial charge in [0.2, 0.25) is 0 Å². The van der Waals surface area contributed by atoms with Crippen LogP contribution >= 0.6 is 0 Å². The van der Waals surface area contributed by atoms with Crippen molar-refractivity contribution in [2.45, 2.75) is 51.6 Å². The zero-order valence-corrected chi connectivity index (χ0v) is 11.7. The lowest BCUT2D eigenvalue weighted by Gasteiger charge is -2.30. The minimum atomic E-state index is 0.676. The van der Waals surface area contributed by atoms with Crippen molar-refractivity contribution in [3.8, 4) is 0 Å². The lowest BCUT2D eigenvalue weighted by Crippen LogP contribution is -2.35. The number of hydrogen-bond donors (Lipinski definition) is 1. The van der Waals surface area contributed by atoms with Gasteiger partial charge in [0.25, 0.3) is 0 Å². The second kappa shape index (κ2) is 6.74. The second-order valence-electron chi connectivity index (χ2n) is 5.16. The molecule has 0 saturated carbocycles. The van der Waals surface area contributed by atoms with Crippen molar-refractivity contribution in [3.05, 3.63) is 23.9 Å². The van der Waals surface area contributed by atoms with E-state index in [1.165, 1.54) is 37.7 Å². The van der Waals surface area contributed by atoms with Crippen LogP contribution in [0.25, 0.3) is 0 Å². The van der Waals surface area contributed by atoms with E-state index in [4.69, 9.17) is 0 Å². The van der Waals surface area contributed by atoms with Crippen molar-refractivity contribution in [3.63, 3.8) is 0 Å². The number of rotatable bonds is 4. The molecular weight excluding hydrogens is 222 g/mol. The second-order valence-corrected chi connectivity index (χ2v) is 5.16. The minimum Gasteiger partial charge on any atom is -0.354 e. The molecule has 1 unspecified atom stereocenters. The lowest BCUT2D eigenvalue weighted by molar-refractivity contribution is 0.552. The molecule has 1 fully saturated rings. The topological polar surface area (TPSA) is 28.2 Å². The van der Waals surface area contributed by atoms with Crippen LogP contribution in [0.5, 0.6) is 0 Å². The van der Waals surface area contributed by atoms with Crippen molar-refractivity contribution in [2.24, 2.45) is 0 Å². The molecule has 0 amide bonds. The Balaban J connectivity index is 2.11. The molecular formula is C15H25N3. The summed E-state index contributed by atoms with van der Waals surface area (Å²) in [6.45, 7) is 4.35. The Hall–Kier alpha value is -1.09. The molecule has 1 aromatic rings. The fraction of sp³-hybridized carbons (Fsp3) is 0.667. The van der Waals surface area contributed by atoms with Crippen LogP contribution in [0.1, 0.15) is 44.6 Å². The van der Waals surface area contributed by atoms with Crippen molar-refractivity contribution < 1.29 is 0 Å². The van der Waals surface area contributed by atoms with Crippen LogP contribution in [0.4, 0.5) is 5.82 Å². The maximum Gasteiger partial charge on any atom is 0.128 e. The van der Waals surface area contributed by atoms with Crippen LogP contribution in [0.15, 0.2) is 18.3 Å². The number of anilines is 1. The first-order chi connectivity index (χ1) is 8.85. The third-order valence-electron chi connectivity index (χ3n) is 3.83. The van der Waals surface area contributed by atoms with Crippen LogP contribution in [-0.4, -0.2) is 24.6 Å². The van der Waals surface area contributed by atoms with Gasteiger partial charge in [-0.3, -0.25) is 0 Å². The highest BCUT2D eigenvalue weighted by atomic mass is 15.2. The van der Waals surface area contributed by atoms with E-state index in [1.807, 2.05) is 13.2 Å². The summed E-state index contributed by atoms with van der Waals surface area (Å²) in [6.07, 6.45) is 8.58. The summed E-state index contributed by atoms with van der Waals surface area (Å²) in [4.78, 5) is 7.16. The smallest absolute Gasteiger partial charge is 0.128 e. The Kier molecular flexibility index (Phi) is 5.00. The molecule has 2 rings (SSSR count). The number of aromatic nitrogens is 1. The SMILES string of the molecule is CCC1CCCCCN1c1ccc(CNC)cn1. The summed E-state index contributed by atoms with van der Waals surface area (Å²) >= 11 is 0. The molecule has 0 aliphatic carbocycles. The van der Waals surface area contributed by atoms with Gasteiger partial charge in [-0.25, -0.2) is 4.98 Å². The van der Waals surface area contributed by atoms with Gasteiger partial charge in [0.15, 0.2) is 0 Å². The van der Waals surface area contributed by atoms with Gasteiger partial charge in [-0.1, -0.05) is 25.8 Å². The largest absolute Gasteiger partial charge is 0.354 e. The van der Waals surface area contributed by atoms with Crippen molar-refractivity contribution in [2.75, 3.05) is 18.5 Å². The normalized spacial score (nSPS) is 20.8. The fourth-order valence-electron chi connectivity index (χ4n) is 2.80. The molecule has 0 bridgehead atoms. The molecule has 0 radical (unpaired) electrons. The van der Waals surface area contributed by atoms with Gasteiger partial charge in [-0.2, -0.15) is 0 Å². The van der Waals surface area contributed by atoms with Crippen LogP contribution < -0.4 is 10.2 Å². The first-order valence-electron chi connectivity index (χ1n) is 7.21. The van der Waals surface area contributed by atoms with E-state index in [-0.39, 0.29) is 0 Å². The highest BCUT2D eigenvalue weighted by Gasteiger charge is 2.20. The molecule has 1 aliphatic rings. The average molecular weight is 247 g/mol. The van der Waals surface area contributed by atoms with Gasteiger partial charge in [0.1, 0.15) is 5.82 Å². The Morgan fingerprint density at radius 3 is 2.89 bits per heavy atom. The third-order valence-corrected chi connectivity index (χ3v) is 3.83. The first-order valence-corrected chi connectivity index (χ1v) is 7.21. The maximum atomic E-state index is 4.65. The van der Waals surface area contributed by atoms with Crippen LogP contribution in [0, 0.1) is 0 Å². The minimum absolute atomic E-state index is 0.676. The molecule has 2 heterocycles. The molecule has 0 aromatic carbocycles. The zero-order chi connectivity index (χ0) is 12.8. The molecule has 1 atom stereocenters. The van der Waals surface area contributed by atoms with Crippen molar-refractivity contribution in [1.29, 1.82) is 0 Å². The van der Waals surface area contributed by atoms with Gasteiger partial charge >= 0.3 is 0 Å². The monoisotopic (exact) mass is 247 g/mol. The highest BCUT2D eigenvalue weighted by Crippen LogP contribution is 2.24. The molecule has 100 valence electrons. The molecule has 1 aromatic heterocycles. The zero-order valence-electron chi connectivity index (χ0n) is 11.7. The highest BCUT2D eigenvalue weighted by molar-refractivity contribution is 5.40. The van der Waals surface area contributed by atoms with Crippen LogP contribution in [0.2, 0.25) is 0 Å². The van der Waals surface area contributed by atoms with Crippen LogP contribution in [-0.2, 0) is 6.54 Å². The van der Waals surface area contributed by atoms with Gasteiger partial charge in [0.05, 0.1) is 0 Å². The summed E-state index contributed by atoms with van der Waals surface area (Å²) in [5, 5.41) is 3.16. The van der Waals surface area contributed by atoms with E-state index in [0.717, 1.165) is 18.9 Å². The predicted octanol–water partition coefficient (Wildman–Crippen LogP) is 2.96. The number of nitrogens with zero attached hydrogens (tertiary/aromatic N) is 2. The predicted molar refractivity (Wildman–Crippen MR) is 76.9 cm³/mol. The Morgan fingerprint density at radius 2 is 2.22 bits per heavy atom. The van der Waals surface area contributed by atoms with Gasteiger partial charge in [-0.05, 0) is 37.9 Å². The molecule has 1 aliphatic heterocycles.